The van der Waals surface area contributed by atoms with Gasteiger partial charge in [0.1, 0.15) is 5.75 Å². The van der Waals surface area contributed by atoms with E-state index in [1.54, 1.807) is 0 Å². The average Bonchev–Trinajstić information content (AvgIpc) is 2.89. The van der Waals surface area contributed by atoms with Crippen molar-refractivity contribution in [1.29, 1.82) is 0 Å². The molecule has 0 unspecified atom stereocenters. The summed E-state index contributed by atoms with van der Waals surface area (Å²) < 4.78 is 13.3. The summed E-state index contributed by atoms with van der Waals surface area (Å²) in [7, 11) is 0. The lowest BCUT2D eigenvalue weighted by Crippen LogP contribution is -2.10. The topological polar surface area (TPSA) is 56.5 Å². The number of rotatable bonds is 9. The van der Waals surface area contributed by atoms with Crippen LogP contribution in [0.2, 0.25) is 5.02 Å². The third kappa shape index (κ3) is 5.14. The number of nitrogens with zero attached hydrogens (tertiary/aromatic N) is 2. The molecule has 0 atom stereocenters. The fourth-order valence-electron chi connectivity index (χ4n) is 2.44. The van der Waals surface area contributed by atoms with Gasteiger partial charge in [0.25, 0.3) is 0 Å². The zero-order valence-electron chi connectivity index (χ0n) is 14.5. The summed E-state index contributed by atoms with van der Waals surface area (Å²) in [6, 6.07) is 7.56. The largest absolute Gasteiger partial charge is 0.493 e. The number of halogens is 1. The highest BCUT2D eigenvalue weighted by Gasteiger charge is 2.13. The highest BCUT2D eigenvalue weighted by atomic mass is 35.5. The maximum absolute atomic E-state index is 9.11. The Kier molecular flexibility index (Phi) is 6.94. The Morgan fingerprint density at radius 2 is 2.08 bits per heavy atom. The minimum Gasteiger partial charge on any atom is -0.493 e. The first-order valence-electron chi connectivity index (χ1n) is 8.29. The second-order valence-corrected chi connectivity index (χ2v) is 6.25. The molecule has 0 saturated carbocycles. The quantitative estimate of drug-likeness (QED) is 0.747. The van der Waals surface area contributed by atoms with Crippen LogP contribution in [-0.2, 0) is 13.0 Å². The molecule has 5 nitrogen and oxygen atoms in total. The summed E-state index contributed by atoms with van der Waals surface area (Å²) in [5.41, 5.74) is 2.03. The minimum atomic E-state index is 0.0635. The van der Waals surface area contributed by atoms with Crippen LogP contribution >= 0.6 is 11.6 Å². The van der Waals surface area contributed by atoms with Crippen molar-refractivity contribution in [2.24, 2.45) is 0 Å². The summed E-state index contributed by atoms with van der Waals surface area (Å²) >= 11 is 6.07. The van der Waals surface area contributed by atoms with Crippen LogP contribution in [0.5, 0.6) is 11.6 Å². The van der Waals surface area contributed by atoms with Crippen molar-refractivity contribution in [3.63, 3.8) is 0 Å². The molecular weight excluding hydrogens is 328 g/mol. The molecule has 1 aromatic carbocycles. The first-order chi connectivity index (χ1) is 11.5. The highest BCUT2D eigenvalue weighted by Crippen LogP contribution is 2.26. The van der Waals surface area contributed by atoms with Crippen LogP contribution in [-0.4, -0.2) is 34.2 Å². The maximum atomic E-state index is 9.11. The molecule has 1 N–H and O–H groups in total. The normalized spacial score (nSPS) is 11.1. The van der Waals surface area contributed by atoms with E-state index in [4.69, 9.17) is 26.2 Å². The molecule has 0 radical (unpaired) electrons. The van der Waals surface area contributed by atoms with Crippen LogP contribution < -0.4 is 9.47 Å². The first kappa shape index (κ1) is 18.6. The van der Waals surface area contributed by atoms with Crippen molar-refractivity contribution >= 4 is 11.6 Å². The fourth-order valence-corrected chi connectivity index (χ4v) is 2.60. The number of hydrogen-bond donors (Lipinski definition) is 1. The lowest BCUT2D eigenvalue weighted by molar-refractivity contribution is 0.230. The van der Waals surface area contributed by atoms with Gasteiger partial charge in [0.15, 0.2) is 0 Å². The zero-order valence-corrected chi connectivity index (χ0v) is 15.2. The Labute approximate surface area is 148 Å². The van der Waals surface area contributed by atoms with Gasteiger partial charge in [-0.05, 0) is 45.7 Å². The van der Waals surface area contributed by atoms with Crippen LogP contribution in [0.1, 0.15) is 38.4 Å². The van der Waals surface area contributed by atoms with E-state index in [1.807, 2.05) is 49.7 Å². The number of aliphatic hydroxyl groups excluding tert-OH is 1. The van der Waals surface area contributed by atoms with E-state index in [1.165, 1.54) is 0 Å². The summed E-state index contributed by atoms with van der Waals surface area (Å²) in [6.45, 7) is 7.18. The van der Waals surface area contributed by atoms with Crippen LogP contribution in [0.25, 0.3) is 0 Å². The molecule has 0 fully saturated rings. The predicted molar refractivity (Wildman–Crippen MR) is 95.1 cm³/mol. The second kappa shape index (κ2) is 8.94. The zero-order chi connectivity index (χ0) is 17.5. The standard InChI is InChI=1S/C18H25ClN2O3/c1-4-23-17-10-15(19)8-7-14(17)12-21-16(6-5-9-22)11-18(20-21)24-13(2)3/h7-8,10-11,13,22H,4-6,9,12H2,1-3H3. The fraction of sp³-hybridized carbons (Fsp3) is 0.500. The Morgan fingerprint density at radius 1 is 1.29 bits per heavy atom. The number of aliphatic hydroxyl groups is 1. The molecule has 2 aromatic rings. The third-order valence-corrected chi connectivity index (χ3v) is 3.67. The summed E-state index contributed by atoms with van der Waals surface area (Å²) in [5.74, 6) is 1.37. The molecule has 0 aliphatic heterocycles. The summed E-state index contributed by atoms with van der Waals surface area (Å²) in [5, 5.41) is 14.3. The summed E-state index contributed by atoms with van der Waals surface area (Å²) in [4.78, 5) is 0. The van der Waals surface area contributed by atoms with Gasteiger partial charge in [0.05, 0.1) is 19.3 Å². The van der Waals surface area contributed by atoms with E-state index >= 15 is 0 Å². The second-order valence-electron chi connectivity index (χ2n) is 5.81. The van der Waals surface area contributed by atoms with Gasteiger partial charge in [0.2, 0.25) is 5.88 Å². The SMILES string of the molecule is CCOc1cc(Cl)ccc1Cn1nc(OC(C)C)cc1CCCO. The van der Waals surface area contributed by atoms with Crippen LogP contribution in [0.3, 0.4) is 0 Å². The van der Waals surface area contributed by atoms with E-state index in [2.05, 4.69) is 5.10 Å². The molecule has 1 heterocycles. The lowest BCUT2D eigenvalue weighted by Gasteiger charge is -2.12. The van der Waals surface area contributed by atoms with Gasteiger partial charge in [0, 0.05) is 29.0 Å². The van der Waals surface area contributed by atoms with E-state index in [9.17, 15) is 0 Å². The van der Waals surface area contributed by atoms with E-state index in [0.29, 0.717) is 30.5 Å². The van der Waals surface area contributed by atoms with Crippen molar-refractivity contribution < 1.29 is 14.6 Å². The van der Waals surface area contributed by atoms with Crippen LogP contribution in [0.4, 0.5) is 0 Å². The third-order valence-electron chi connectivity index (χ3n) is 3.44. The highest BCUT2D eigenvalue weighted by molar-refractivity contribution is 6.30. The Balaban J connectivity index is 2.28. The maximum Gasteiger partial charge on any atom is 0.233 e. The number of hydrogen-bond acceptors (Lipinski definition) is 4. The van der Waals surface area contributed by atoms with Gasteiger partial charge >= 0.3 is 0 Å². The number of benzene rings is 1. The van der Waals surface area contributed by atoms with Gasteiger partial charge in [-0.15, -0.1) is 5.10 Å². The predicted octanol–water partition coefficient (Wildman–Crippen LogP) is 3.70. The van der Waals surface area contributed by atoms with Gasteiger partial charge < -0.3 is 14.6 Å². The van der Waals surface area contributed by atoms with Gasteiger partial charge in [-0.25, -0.2) is 0 Å². The Morgan fingerprint density at radius 3 is 2.75 bits per heavy atom. The van der Waals surface area contributed by atoms with Crippen molar-refractivity contribution in [2.75, 3.05) is 13.2 Å². The van der Waals surface area contributed by atoms with Crippen LogP contribution in [0.15, 0.2) is 24.3 Å². The lowest BCUT2D eigenvalue weighted by atomic mass is 10.2. The van der Waals surface area contributed by atoms with Crippen molar-refractivity contribution in [3.8, 4) is 11.6 Å². The number of aryl methyl sites for hydroxylation is 1. The first-order valence-corrected chi connectivity index (χ1v) is 8.66. The van der Waals surface area contributed by atoms with E-state index < -0.39 is 0 Å². The summed E-state index contributed by atoms with van der Waals surface area (Å²) in [6.07, 6.45) is 1.49. The van der Waals surface area contributed by atoms with E-state index in [-0.39, 0.29) is 12.7 Å². The smallest absolute Gasteiger partial charge is 0.233 e. The molecule has 132 valence electrons. The molecule has 24 heavy (non-hydrogen) atoms. The Hall–Kier alpha value is -1.72. The monoisotopic (exact) mass is 352 g/mol. The minimum absolute atomic E-state index is 0.0635. The van der Waals surface area contributed by atoms with Crippen molar-refractivity contribution in [1.82, 2.24) is 9.78 Å². The molecular formula is C18H25ClN2O3. The molecule has 1 aromatic heterocycles. The van der Waals surface area contributed by atoms with E-state index in [0.717, 1.165) is 23.4 Å². The Bertz CT molecular complexity index is 656. The molecule has 0 amide bonds. The van der Waals surface area contributed by atoms with Gasteiger partial charge in [-0.2, -0.15) is 0 Å². The molecule has 0 spiro atoms. The molecule has 0 aliphatic carbocycles. The number of ether oxygens (including phenoxy) is 2. The van der Waals surface area contributed by atoms with Gasteiger partial charge in [-0.3, -0.25) is 4.68 Å². The van der Waals surface area contributed by atoms with Gasteiger partial charge in [-0.1, -0.05) is 17.7 Å². The molecule has 0 aliphatic rings. The molecule has 6 heteroatoms. The molecule has 0 bridgehead atoms. The van der Waals surface area contributed by atoms with Crippen molar-refractivity contribution in [3.05, 3.63) is 40.5 Å². The molecule has 2 rings (SSSR count). The molecule has 0 saturated heterocycles. The van der Waals surface area contributed by atoms with Crippen molar-refractivity contribution in [2.45, 2.75) is 46.3 Å². The van der Waals surface area contributed by atoms with Crippen LogP contribution in [0, 0.1) is 0 Å². The average molecular weight is 353 g/mol. The number of aromatic nitrogens is 2.